The Balaban J connectivity index is 2.21. The van der Waals surface area contributed by atoms with Gasteiger partial charge in [0, 0.05) is 6.42 Å². The molecule has 0 N–H and O–H groups in total. The Morgan fingerprint density at radius 3 is 2.50 bits per heavy atom. The standard InChI is InChI=1S/C12H13/c1-2-3-4-6-9-12-10-7-5-8-11-12/h5,7-8,10-11H,3-4,6,9H2. The van der Waals surface area contributed by atoms with Gasteiger partial charge < -0.3 is 0 Å². The van der Waals surface area contributed by atoms with Crippen molar-refractivity contribution in [1.29, 1.82) is 0 Å². The van der Waals surface area contributed by atoms with Gasteiger partial charge in [0.15, 0.2) is 0 Å². The summed E-state index contributed by atoms with van der Waals surface area (Å²) in [6, 6.07) is 10.5. The summed E-state index contributed by atoms with van der Waals surface area (Å²) in [5.74, 6) is 2.40. The van der Waals surface area contributed by atoms with Crippen LogP contribution in [0.15, 0.2) is 30.3 Å². The van der Waals surface area contributed by atoms with E-state index in [1.165, 1.54) is 5.56 Å². The van der Waals surface area contributed by atoms with Gasteiger partial charge in [-0.05, 0) is 31.2 Å². The van der Waals surface area contributed by atoms with Gasteiger partial charge in [0.25, 0.3) is 0 Å². The van der Waals surface area contributed by atoms with Crippen LogP contribution >= 0.6 is 0 Å². The van der Waals surface area contributed by atoms with Gasteiger partial charge in [0.2, 0.25) is 0 Å². The molecule has 1 rings (SSSR count). The van der Waals surface area contributed by atoms with Crippen molar-refractivity contribution in [1.82, 2.24) is 0 Å². The van der Waals surface area contributed by atoms with Crippen molar-refractivity contribution in [3.63, 3.8) is 0 Å². The highest BCUT2D eigenvalue weighted by molar-refractivity contribution is 5.14. The van der Waals surface area contributed by atoms with Crippen molar-refractivity contribution < 1.29 is 0 Å². The van der Waals surface area contributed by atoms with Gasteiger partial charge in [0.1, 0.15) is 0 Å². The van der Waals surface area contributed by atoms with Crippen LogP contribution in [0.2, 0.25) is 0 Å². The van der Waals surface area contributed by atoms with E-state index in [1.807, 2.05) is 6.07 Å². The van der Waals surface area contributed by atoms with E-state index in [2.05, 4.69) is 30.2 Å². The van der Waals surface area contributed by atoms with Crippen LogP contribution < -0.4 is 0 Å². The summed E-state index contributed by atoms with van der Waals surface area (Å²) in [5.41, 5.74) is 1.39. The molecule has 0 fully saturated rings. The highest BCUT2D eigenvalue weighted by Gasteiger charge is 1.90. The van der Waals surface area contributed by atoms with Gasteiger partial charge in [-0.3, -0.25) is 0 Å². The van der Waals surface area contributed by atoms with Crippen molar-refractivity contribution in [2.75, 3.05) is 0 Å². The number of unbranched alkanes of at least 4 members (excludes halogenated alkanes) is 2. The quantitative estimate of drug-likeness (QED) is 0.465. The number of aryl methyl sites for hydroxylation is 1. The third-order valence-corrected chi connectivity index (χ3v) is 1.86. The first kappa shape index (κ1) is 8.87. The minimum atomic E-state index is 0.798. The molecule has 0 heterocycles. The predicted octanol–water partition coefficient (Wildman–Crippen LogP) is 2.99. The van der Waals surface area contributed by atoms with E-state index in [4.69, 9.17) is 6.42 Å². The largest absolute Gasteiger partial charge is 0.0891 e. The average Bonchev–Trinajstić information content (AvgIpc) is 2.14. The Kier molecular flexibility index (Phi) is 4.02. The highest BCUT2D eigenvalue weighted by Crippen LogP contribution is 2.05. The second-order valence-electron chi connectivity index (χ2n) is 2.87. The van der Waals surface area contributed by atoms with Gasteiger partial charge in [0.05, 0.1) is 0 Å². The number of hydrogen-bond acceptors (Lipinski definition) is 0. The zero-order valence-corrected chi connectivity index (χ0v) is 7.22. The molecule has 0 aliphatic carbocycles. The molecule has 0 aromatic heterocycles. The second-order valence-corrected chi connectivity index (χ2v) is 2.87. The van der Waals surface area contributed by atoms with Crippen LogP contribution in [-0.4, -0.2) is 0 Å². The fourth-order valence-corrected chi connectivity index (χ4v) is 1.19. The molecule has 0 unspecified atom stereocenters. The zero-order valence-electron chi connectivity index (χ0n) is 7.22. The van der Waals surface area contributed by atoms with Gasteiger partial charge in [-0.25, -0.2) is 0 Å². The maximum absolute atomic E-state index is 6.74. The van der Waals surface area contributed by atoms with Crippen molar-refractivity contribution in [3.05, 3.63) is 42.3 Å². The molecule has 1 radical (unpaired) electrons. The van der Waals surface area contributed by atoms with E-state index in [0.29, 0.717) is 0 Å². The van der Waals surface area contributed by atoms with E-state index in [0.717, 1.165) is 25.7 Å². The van der Waals surface area contributed by atoms with Crippen molar-refractivity contribution in [3.8, 4) is 5.92 Å². The Morgan fingerprint density at radius 1 is 1.08 bits per heavy atom. The van der Waals surface area contributed by atoms with Crippen molar-refractivity contribution in [2.24, 2.45) is 0 Å². The van der Waals surface area contributed by atoms with E-state index in [-0.39, 0.29) is 0 Å². The lowest BCUT2D eigenvalue weighted by molar-refractivity contribution is 0.756. The molecular weight excluding hydrogens is 144 g/mol. The Labute approximate surface area is 74.6 Å². The SMILES string of the molecule is [C]#CCCCCc1ccccc1. The topological polar surface area (TPSA) is 0 Å². The molecule has 0 spiro atoms. The molecule has 0 heteroatoms. The molecule has 0 nitrogen and oxygen atoms in total. The molecule has 61 valence electrons. The normalized spacial score (nSPS) is 9.25. The van der Waals surface area contributed by atoms with Crippen LogP contribution in [0.1, 0.15) is 24.8 Å². The maximum Gasteiger partial charge on any atom is 0.00990 e. The summed E-state index contributed by atoms with van der Waals surface area (Å²) < 4.78 is 0. The molecule has 1 aromatic rings. The fraction of sp³-hybridized carbons (Fsp3) is 0.333. The highest BCUT2D eigenvalue weighted by atomic mass is 14.0. The Morgan fingerprint density at radius 2 is 1.83 bits per heavy atom. The summed E-state index contributed by atoms with van der Waals surface area (Å²) in [4.78, 5) is 0. The minimum absolute atomic E-state index is 0.798. The van der Waals surface area contributed by atoms with E-state index < -0.39 is 0 Å². The zero-order chi connectivity index (χ0) is 8.65. The third kappa shape index (κ3) is 3.25. The molecule has 1 aromatic carbocycles. The lowest BCUT2D eigenvalue weighted by Crippen LogP contribution is -1.83. The molecule has 0 amide bonds. The first-order chi connectivity index (χ1) is 5.93. The predicted molar refractivity (Wildman–Crippen MR) is 51.1 cm³/mol. The van der Waals surface area contributed by atoms with E-state index in [9.17, 15) is 0 Å². The smallest absolute Gasteiger partial charge is 0.00990 e. The van der Waals surface area contributed by atoms with Crippen LogP contribution in [0, 0.1) is 12.3 Å². The van der Waals surface area contributed by atoms with Crippen LogP contribution in [0.25, 0.3) is 0 Å². The summed E-state index contributed by atoms with van der Waals surface area (Å²) >= 11 is 0. The van der Waals surface area contributed by atoms with Gasteiger partial charge in [-0.2, -0.15) is 0 Å². The molecule has 0 aliphatic rings. The first-order valence-electron chi connectivity index (χ1n) is 4.37. The lowest BCUT2D eigenvalue weighted by Gasteiger charge is -1.98. The number of rotatable bonds is 4. The monoisotopic (exact) mass is 157 g/mol. The minimum Gasteiger partial charge on any atom is -0.0891 e. The number of benzene rings is 1. The van der Waals surface area contributed by atoms with Crippen LogP contribution in [0.3, 0.4) is 0 Å². The Hall–Kier alpha value is -1.22. The summed E-state index contributed by atoms with van der Waals surface area (Å²) in [5, 5.41) is 0. The van der Waals surface area contributed by atoms with Crippen LogP contribution in [0.4, 0.5) is 0 Å². The fourth-order valence-electron chi connectivity index (χ4n) is 1.19. The molecule has 0 aliphatic heterocycles. The summed E-state index contributed by atoms with van der Waals surface area (Å²) in [7, 11) is 0. The van der Waals surface area contributed by atoms with Crippen LogP contribution in [0.5, 0.6) is 0 Å². The van der Waals surface area contributed by atoms with E-state index >= 15 is 0 Å². The van der Waals surface area contributed by atoms with Crippen molar-refractivity contribution in [2.45, 2.75) is 25.7 Å². The Bertz CT molecular complexity index is 240. The van der Waals surface area contributed by atoms with E-state index in [1.54, 1.807) is 0 Å². The summed E-state index contributed by atoms with van der Waals surface area (Å²) in [6.07, 6.45) is 10.9. The van der Waals surface area contributed by atoms with Crippen LogP contribution in [-0.2, 0) is 6.42 Å². The van der Waals surface area contributed by atoms with Crippen molar-refractivity contribution >= 4 is 0 Å². The molecule has 0 saturated heterocycles. The lowest BCUT2D eigenvalue weighted by atomic mass is 10.1. The van der Waals surface area contributed by atoms with Gasteiger partial charge in [-0.1, -0.05) is 36.3 Å². The molecule has 0 bridgehead atoms. The maximum atomic E-state index is 6.74. The summed E-state index contributed by atoms with van der Waals surface area (Å²) in [6.45, 7) is 0. The second kappa shape index (κ2) is 5.43. The average molecular weight is 157 g/mol. The van der Waals surface area contributed by atoms with Gasteiger partial charge >= 0.3 is 0 Å². The third-order valence-electron chi connectivity index (χ3n) is 1.86. The first-order valence-corrected chi connectivity index (χ1v) is 4.37. The molecule has 0 atom stereocenters. The molecular formula is C12H13. The molecule has 12 heavy (non-hydrogen) atoms. The number of hydrogen-bond donors (Lipinski definition) is 0. The van der Waals surface area contributed by atoms with Gasteiger partial charge in [-0.15, -0.1) is 0 Å². The molecule has 0 saturated carbocycles.